The number of rotatable bonds is 8. The highest BCUT2D eigenvalue weighted by Crippen LogP contribution is 2.28. The molecule has 1 aromatic heterocycles. The number of nitrogens with one attached hydrogen (secondary N) is 1. The maximum Gasteiger partial charge on any atom is 0.255 e. The summed E-state index contributed by atoms with van der Waals surface area (Å²) >= 11 is 1.26. The molecule has 6 nitrogen and oxygen atoms in total. The smallest absolute Gasteiger partial charge is 0.255 e. The number of hydrogen-bond donors (Lipinski definition) is 2. The lowest BCUT2D eigenvalue weighted by molar-refractivity contribution is 0.101. The van der Waals surface area contributed by atoms with Gasteiger partial charge in [0.15, 0.2) is 10.9 Å². The summed E-state index contributed by atoms with van der Waals surface area (Å²) in [6.07, 6.45) is 1.98. The van der Waals surface area contributed by atoms with E-state index in [9.17, 15) is 14.7 Å². The number of carbonyl (C=O) groups is 1. The molecule has 2 rings (SSSR count). The molecule has 0 aliphatic rings. The number of benzene rings is 1. The summed E-state index contributed by atoms with van der Waals surface area (Å²) in [5.74, 6) is 0.821. The van der Waals surface area contributed by atoms with E-state index >= 15 is 0 Å². The fourth-order valence-corrected chi connectivity index (χ4v) is 2.86. The van der Waals surface area contributed by atoms with Crippen LogP contribution in [0.25, 0.3) is 0 Å². The minimum atomic E-state index is -0.415. The van der Waals surface area contributed by atoms with E-state index in [0.29, 0.717) is 28.8 Å². The van der Waals surface area contributed by atoms with E-state index in [1.165, 1.54) is 18.7 Å². The Morgan fingerprint density at radius 3 is 2.83 bits per heavy atom. The zero-order valence-electron chi connectivity index (χ0n) is 13.7. The Morgan fingerprint density at radius 2 is 2.17 bits per heavy atom. The van der Waals surface area contributed by atoms with Crippen molar-refractivity contribution in [3.05, 3.63) is 45.7 Å². The number of hydrogen-bond acceptors (Lipinski definition) is 6. The van der Waals surface area contributed by atoms with Gasteiger partial charge in [0, 0.05) is 16.9 Å². The number of ether oxygens (including phenoxy) is 1. The van der Waals surface area contributed by atoms with Gasteiger partial charge in [0.05, 0.1) is 12.7 Å². The first-order chi connectivity index (χ1) is 11.5. The highest BCUT2D eigenvalue weighted by atomic mass is 32.2. The third-order valence-electron chi connectivity index (χ3n) is 3.29. The summed E-state index contributed by atoms with van der Waals surface area (Å²) in [7, 11) is 0. The molecule has 0 atom stereocenters. The molecule has 0 radical (unpaired) electrons. The first kappa shape index (κ1) is 18.1. The fourth-order valence-electron chi connectivity index (χ4n) is 2.02. The number of aromatic amines is 1. The summed E-state index contributed by atoms with van der Waals surface area (Å²) in [4.78, 5) is 29.4. The number of Topliss-reactive ketones (excluding diaryl/α,β-unsaturated/α-hetero) is 1. The molecule has 1 heterocycles. The van der Waals surface area contributed by atoms with E-state index in [2.05, 4.69) is 16.9 Å². The van der Waals surface area contributed by atoms with Crippen molar-refractivity contribution in [2.75, 3.05) is 6.61 Å². The number of nitrogens with zero attached hydrogens (tertiary/aromatic N) is 1. The third kappa shape index (κ3) is 5.13. The molecule has 0 bridgehead atoms. The highest BCUT2D eigenvalue weighted by molar-refractivity contribution is 7.98. The van der Waals surface area contributed by atoms with Crippen molar-refractivity contribution in [1.29, 1.82) is 0 Å². The highest BCUT2D eigenvalue weighted by Gasteiger charge is 2.10. The zero-order chi connectivity index (χ0) is 17.5. The SMILES string of the molecule is CCCCOc1ccc(C(C)=O)cc1CSc1nc(O)cc(=O)[nH]1. The van der Waals surface area contributed by atoms with Crippen molar-refractivity contribution in [2.24, 2.45) is 0 Å². The van der Waals surface area contributed by atoms with Gasteiger partial charge < -0.3 is 14.8 Å². The lowest BCUT2D eigenvalue weighted by Crippen LogP contribution is -2.06. The van der Waals surface area contributed by atoms with E-state index in [1.54, 1.807) is 18.2 Å². The number of thioether (sulfide) groups is 1. The second-order valence-corrected chi connectivity index (χ2v) is 6.24. The number of aromatic hydroxyl groups is 1. The van der Waals surface area contributed by atoms with E-state index in [1.807, 2.05) is 0 Å². The average molecular weight is 348 g/mol. The van der Waals surface area contributed by atoms with Crippen LogP contribution in [0.1, 0.15) is 42.6 Å². The molecule has 7 heteroatoms. The number of aromatic nitrogens is 2. The zero-order valence-corrected chi connectivity index (χ0v) is 14.5. The predicted molar refractivity (Wildman–Crippen MR) is 92.9 cm³/mol. The molecular formula is C17H20N2O4S. The van der Waals surface area contributed by atoms with Gasteiger partial charge in [-0.1, -0.05) is 25.1 Å². The summed E-state index contributed by atoms with van der Waals surface area (Å²) in [6, 6.07) is 6.34. The van der Waals surface area contributed by atoms with Crippen LogP contribution in [0.3, 0.4) is 0 Å². The van der Waals surface area contributed by atoms with Gasteiger partial charge in [-0.3, -0.25) is 9.59 Å². The molecule has 0 unspecified atom stereocenters. The minimum Gasteiger partial charge on any atom is -0.493 e. The molecule has 0 saturated heterocycles. The number of H-pyrrole nitrogens is 1. The summed E-state index contributed by atoms with van der Waals surface area (Å²) < 4.78 is 5.78. The Kier molecular flexibility index (Phi) is 6.43. The van der Waals surface area contributed by atoms with Crippen molar-refractivity contribution in [2.45, 2.75) is 37.6 Å². The first-order valence-corrected chi connectivity index (χ1v) is 8.68. The Bertz CT molecular complexity index is 773. The largest absolute Gasteiger partial charge is 0.493 e. The van der Waals surface area contributed by atoms with Crippen molar-refractivity contribution in [3.8, 4) is 11.6 Å². The fraction of sp³-hybridized carbons (Fsp3) is 0.353. The van der Waals surface area contributed by atoms with E-state index in [0.717, 1.165) is 24.5 Å². The maximum absolute atomic E-state index is 11.6. The van der Waals surface area contributed by atoms with E-state index in [4.69, 9.17) is 4.74 Å². The Hall–Kier alpha value is -2.28. The summed E-state index contributed by atoms with van der Waals surface area (Å²) in [6.45, 7) is 4.20. The van der Waals surface area contributed by atoms with Gasteiger partial charge in [-0.25, -0.2) is 0 Å². The Balaban J connectivity index is 2.19. The molecule has 1 aromatic carbocycles. The predicted octanol–water partition coefficient (Wildman–Crippen LogP) is 3.15. The topological polar surface area (TPSA) is 92.3 Å². The summed E-state index contributed by atoms with van der Waals surface area (Å²) in [5, 5.41) is 9.70. The molecule has 0 aliphatic carbocycles. The maximum atomic E-state index is 11.6. The van der Waals surface area contributed by atoms with Crippen LogP contribution in [-0.2, 0) is 5.75 Å². The minimum absolute atomic E-state index is 0.0229. The van der Waals surface area contributed by atoms with Gasteiger partial charge in [-0.05, 0) is 31.5 Å². The number of unbranched alkanes of at least 4 members (excludes halogenated alkanes) is 1. The van der Waals surface area contributed by atoms with Crippen molar-refractivity contribution >= 4 is 17.5 Å². The van der Waals surface area contributed by atoms with Gasteiger partial charge in [0.25, 0.3) is 5.56 Å². The molecule has 2 aromatic rings. The second-order valence-electron chi connectivity index (χ2n) is 5.28. The van der Waals surface area contributed by atoms with Crippen LogP contribution in [0.2, 0.25) is 0 Å². The van der Waals surface area contributed by atoms with Crippen LogP contribution < -0.4 is 10.3 Å². The molecule has 0 saturated carbocycles. The van der Waals surface area contributed by atoms with Gasteiger partial charge >= 0.3 is 0 Å². The molecule has 2 N–H and O–H groups in total. The van der Waals surface area contributed by atoms with Crippen molar-refractivity contribution < 1.29 is 14.6 Å². The van der Waals surface area contributed by atoms with Gasteiger partial charge in [0.1, 0.15) is 5.75 Å². The molecular weight excluding hydrogens is 328 g/mol. The first-order valence-electron chi connectivity index (χ1n) is 7.69. The van der Waals surface area contributed by atoms with Crippen LogP contribution in [0.5, 0.6) is 11.6 Å². The third-order valence-corrected chi connectivity index (χ3v) is 4.22. The molecule has 0 amide bonds. The normalized spacial score (nSPS) is 10.6. The van der Waals surface area contributed by atoms with Crippen LogP contribution in [0.15, 0.2) is 34.2 Å². The Labute approximate surface area is 144 Å². The molecule has 0 fully saturated rings. The molecule has 24 heavy (non-hydrogen) atoms. The van der Waals surface area contributed by atoms with E-state index < -0.39 is 5.56 Å². The van der Waals surface area contributed by atoms with Gasteiger partial charge in [-0.2, -0.15) is 4.98 Å². The van der Waals surface area contributed by atoms with Crippen LogP contribution in [-0.4, -0.2) is 27.5 Å². The average Bonchev–Trinajstić information content (AvgIpc) is 2.53. The van der Waals surface area contributed by atoms with Gasteiger partial charge in [-0.15, -0.1) is 0 Å². The van der Waals surface area contributed by atoms with Crippen LogP contribution >= 0.6 is 11.8 Å². The molecule has 128 valence electrons. The van der Waals surface area contributed by atoms with Gasteiger partial charge in [0.2, 0.25) is 5.88 Å². The quantitative estimate of drug-likeness (QED) is 0.329. The molecule has 0 spiro atoms. The molecule has 0 aliphatic heterocycles. The lowest BCUT2D eigenvalue weighted by atomic mass is 10.1. The van der Waals surface area contributed by atoms with Crippen molar-refractivity contribution in [3.63, 3.8) is 0 Å². The Morgan fingerprint density at radius 1 is 1.38 bits per heavy atom. The number of ketones is 1. The summed E-state index contributed by atoms with van der Waals surface area (Å²) in [5.41, 5.74) is 1.03. The monoisotopic (exact) mass is 348 g/mol. The van der Waals surface area contributed by atoms with E-state index in [-0.39, 0.29) is 11.7 Å². The number of carbonyl (C=O) groups excluding carboxylic acids is 1. The lowest BCUT2D eigenvalue weighted by Gasteiger charge is -2.12. The van der Waals surface area contributed by atoms with Crippen LogP contribution in [0, 0.1) is 0 Å². The second kappa shape index (κ2) is 8.54. The van der Waals surface area contributed by atoms with Crippen molar-refractivity contribution in [1.82, 2.24) is 9.97 Å². The van der Waals surface area contributed by atoms with Crippen LogP contribution in [0.4, 0.5) is 0 Å². The standard InChI is InChI=1S/C17H20N2O4S/c1-3-4-7-23-14-6-5-12(11(2)20)8-13(14)10-24-17-18-15(21)9-16(22)19-17/h5-6,8-9H,3-4,7,10H2,1-2H3,(H2,18,19,21,22).